The Bertz CT molecular complexity index is 821. The van der Waals surface area contributed by atoms with Gasteiger partial charge in [0.2, 0.25) is 0 Å². The summed E-state index contributed by atoms with van der Waals surface area (Å²) in [5, 5.41) is 0. The van der Waals surface area contributed by atoms with E-state index in [1.807, 2.05) is 0 Å². The Morgan fingerprint density at radius 2 is 1.88 bits per heavy atom. The molecule has 2 N–H and O–H groups in total. The van der Waals surface area contributed by atoms with Gasteiger partial charge >= 0.3 is 0 Å². The number of sulfonamides is 1. The Hall–Kier alpha value is -2.48. The van der Waals surface area contributed by atoms with E-state index in [2.05, 4.69) is 9.71 Å². The molecule has 0 saturated carbocycles. The lowest BCUT2D eigenvalue weighted by atomic mass is 10.3. The lowest BCUT2D eigenvalue weighted by molar-refractivity contribution is 0.0787. The van der Waals surface area contributed by atoms with Crippen LogP contribution in [0.4, 0.5) is 5.69 Å². The zero-order chi connectivity index (χ0) is 17.2. The van der Waals surface area contributed by atoms with Gasteiger partial charge in [-0.3, -0.25) is 9.52 Å². The third kappa shape index (κ3) is 3.38. The summed E-state index contributed by atoms with van der Waals surface area (Å²) in [6.07, 6.45) is 3.29. The molecule has 0 unspecified atom stereocenters. The van der Waals surface area contributed by atoms with E-state index in [0.29, 0.717) is 24.5 Å². The molecule has 0 aliphatic carbocycles. The second-order valence-corrected chi connectivity index (χ2v) is 7.26. The number of nitrogens with zero attached hydrogens (tertiary/aromatic N) is 1. The maximum Gasteiger partial charge on any atom is 0.270 e. The van der Waals surface area contributed by atoms with E-state index in [4.69, 9.17) is 4.74 Å². The average molecular weight is 349 g/mol. The molecule has 24 heavy (non-hydrogen) atoms. The first-order chi connectivity index (χ1) is 11.5. The van der Waals surface area contributed by atoms with Crippen LogP contribution in [0.15, 0.2) is 41.4 Å². The Morgan fingerprint density at radius 3 is 2.50 bits per heavy atom. The number of aromatic amines is 1. The number of ether oxygens (including phenoxy) is 1. The fraction of sp³-hybridized carbons (Fsp3) is 0.312. The van der Waals surface area contributed by atoms with E-state index in [0.717, 1.165) is 12.8 Å². The van der Waals surface area contributed by atoms with Crippen molar-refractivity contribution in [1.29, 1.82) is 0 Å². The number of H-pyrrole nitrogens is 1. The summed E-state index contributed by atoms with van der Waals surface area (Å²) in [6.45, 7) is 1.42. The number of aromatic nitrogens is 1. The lowest BCUT2D eigenvalue weighted by Crippen LogP contribution is -2.27. The van der Waals surface area contributed by atoms with Crippen LogP contribution in [0.1, 0.15) is 23.3 Å². The Kier molecular flexibility index (Phi) is 4.48. The number of rotatable bonds is 5. The number of methoxy groups -OCH3 is 1. The number of carbonyl (C=O) groups is 1. The molecular weight excluding hydrogens is 330 g/mol. The third-order valence-corrected chi connectivity index (χ3v) is 5.29. The molecule has 0 radical (unpaired) electrons. The topological polar surface area (TPSA) is 91.5 Å². The van der Waals surface area contributed by atoms with Crippen molar-refractivity contribution in [1.82, 2.24) is 9.88 Å². The van der Waals surface area contributed by atoms with Crippen LogP contribution in [-0.4, -0.2) is 44.4 Å². The van der Waals surface area contributed by atoms with E-state index >= 15 is 0 Å². The Balaban J connectivity index is 1.75. The minimum atomic E-state index is -3.76. The van der Waals surface area contributed by atoms with Gasteiger partial charge in [-0.2, -0.15) is 0 Å². The van der Waals surface area contributed by atoms with Crippen molar-refractivity contribution in [3.05, 3.63) is 42.2 Å². The van der Waals surface area contributed by atoms with Crippen molar-refractivity contribution < 1.29 is 17.9 Å². The number of likely N-dealkylation sites (tertiary alicyclic amines) is 1. The van der Waals surface area contributed by atoms with Crippen molar-refractivity contribution in [2.75, 3.05) is 24.9 Å². The number of anilines is 1. The molecule has 1 amide bonds. The molecule has 1 saturated heterocycles. The van der Waals surface area contributed by atoms with Crippen LogP contribution in [0.3, 0.4) is 0 Å². The fourth-order valence-electron chi connectivity index (χ4n) is 2.62. The molecule has 0 atom stereocenters. The van der Waals surface area contributed by atoms with E-state index in [1.165, 1.54) is 19.4 Å². The quantitative estimate of drug-likeness (QED) is 0.864. The summed E-state index contributed by atoms with van der Waals surface area (Å²) in [6, 6.07) is 7.92. The van der Waals surface area contributed by atoms with Gasteiger partial charge < -0.3 is 14.6 Å². The molecule has 128 valence electrons. The summed E-state index contributed by atoms with van der Waals surface area (Å²) in [5.41, 5.74) is 0.705. The Labute approximate surface area is 140 Å². The van der Waals surface area contributed by atoms with Gasteiger partial charge in [0.25, 0.3) is 15.9 Å². The zero-order valence-corrected chi connectivity index (χ0v) is 14.1. The highest BCUT2D eigenvalue weighted by atomic mass is 32.2. The summed E-state index contributed by atoms with van der Waals surface area (Å²) in [4.78, 5) is 16.8. The Morgan fingerprint density at radius 1 is 1.21 bits per heavy atom. The number of benzene rings is 1. The zero-order valence-electron chi connectivity index (χ0n) is 13.3. The van der Waals surface area contributed by atoms with Crippen LogP contribution in [0.2, 0.25) is 0 Å². The molecule has 2 heterocycles. The highest BCUT2D eigenvalue weighted by Crippen LogP contribution is 2.21. The first kappa shape index (κ1) is 16.4. The van der Waals surface area contributed by atoms with Crippen molar-refractivity contribution in [3.63, 3.8) is 0 Å². The average Bonchev–Trinajstić information content (AvgIpc) is 3.26. The molecule has 0 bridgehead atoms. The molecule has 1 aromatic carbocycles. The molecule has 7 nitrogen and oxygen atoms in total. The molecule has 1 fully saturated rings. The van der Waals surface area contributed by atoms with Gasteiger partial charge in [0.1, 0.15) is 16.3 Å². The van der Waals surface area contributed by atoms with Crippen LogP contribution in [0.25, 0.3) is 0 Å². The van der Waals surface area contributed by atoms with Crippen LogP contribution >= 0.6 is 0 Å². The van der Waals surface area contributed by atoms with E-state index in [1.54, 1.807) is 29.2 Å². The van der Waals surface area contributed by atoms with Crippen molar-refractivity contribution in [2.24, 2.45) is 0 Å². The second kappa shape index (κ2) is 6.56. The molecule has 0 spiro atoms. The minimum Gasteiger partial charge on any atom is -0.497 e. The third-order valence-electron chi connectivity index (χ3n) is 3.93. The molecule has 1 aromatic heterocycles. The van der Waals surface area contributed by atoms with Crippen molar-refractivity contribution in [3.8, 4) is 5.75 Å². The van der Waals surface area contributed by atoms with E-state index in [-0.39, 0.29) is 16.5 Å². The van der Waals surface area contributed by atoms with Gasteiger partial charge in [-0.15, -0.1) is 0 Å². The molecular formula is C16H19N3O4S. The SMILES string of the molecule is COc1ccc(NS(=O)(=O)c2c[nH]c(C(=O)N3CCCC3)c2)cc1. The van der Waals surface area contributed by atoms with Gasteiger partial charge in [-0.05, 0) is 43.2 Å². The van der Waals surface area contributed by atoms with E-state index < -0.39 is 10.0 Å². The monoisotopic (exact) mass is 349 g/mol. The second-order valence-electron chi connectivity index (χ2n) is 5.58. The van der Waals surface area contributed by atoms with Gasteiger partial charge in [-0.25, -0.2) is 8.42 Å². The largest absolute Gasteiger partial charge is 0.497 e. The minimum absolute atomic E-state index is 0.0286. The smallest absolute Gasteiger partial charge is 0.270 e. The predicted octanol–water partition coefficient (Wildman–Crippen LogP) is 2.06. The van der Waals surface area contributed by atoms with Crippen LogP contribution in [0, 0.1) is 0 Å². The molecule has 1 aliphatic rings. The maximum absolute atomic E-state index is 12.4. The highest BCUT2D eigenvalue weighted by molar-refractivity contribution is 7.92. The molecule has 8 heteroatoms. The first-order valence-electron chi connectivity index (χ1n) is 7.64. The van der Waals surface area contributed by atoms with Crippen molar-refractivity contribution >= 4 is 21.6 Å². The van der Waals surface area contributed by atoms with Crippen molar-refractivity contribution in [2.45, 2.75) is 17.7 Å². The number of carbonyl (C=O) groups excluding carboxylic acids is 1. The van der Waals surface area contributed by atoms with Crippen LogP contribution in [0.5, 0.6) is 5.75 Å². The van der Waals surface area contributed by atoms with Crippen LogP contribution < -0.4 is 9.46 Å². The summed E-state index contributed by atoms with van der Waals surface area (Å²) in [7, 11) is -2.22. The maximum atomic E-state index is 12.4. The van der Waals surface area contributed by atoms with Gasteiger partial charge in [0.05, 0.1) is 7.11 Å². The summed E-state index contributed by atoms with van der Waals surface area (Å²) >= 11 is 0. The van der Waals surface area contributed by atoms with E-state index in [9.17, 15) is 13.2 Å². The number of hydrogen-bond acceptors (Lipinski definition) is 4. The summed E-state index contributed by atoms with van der Waals surface area (Å²) in [5.74, 6) is 0.469. The van der Waals surface area contributed by atoms with Gasteiger partial charge in [0.15, 0.2) is 0 Å². The number of amides is 1. The van der Waals surface area contributed by atoms with Gasteiger partial charge in [0, 0.05) is 25.0 Å². The normalized spacial score (nSPS) is 14.6. The molecule has 1 aliphatic heterocycles. The molecule has 3 rings (SSSR count). The summed E-state index contributed by atoms with van der Waals surface area (Å²) < 4.78 is 32.4. The number of nitrogens with one attached hydrogen (secondary N) is 2. The lowest BCUT2D eigenvalue weighted by Gasteiger charge is -2.13. The first-order valence-corrected chi connectivity index (χ1v) is 9.12. The van der Waals surface area contributed by atoms with Crippen LogP contribution in [-0.2, 0) is 10.0 Å². The number of hydrogen-bond donors (Lipinski definition) is 2. The fourth-order valence-corrected chi connectivity index (χ4v) is 3.67. The van der Waals surface area contributed by atoms with Gasteiger partial charge in [-0.1, -0.05) is 0 Å². The predicted molar refractivity (Wildman–Crippen MR) is 89.7 cm³/mol. The molecule has 2 aromatic rings. The highest BCUT2D eigenvalue weighted by Gasteiger charge is 2.23. The standard InChI is InChI=1S/C16H19N3O4S/c1-23-13-6-4-12(5-7-13)18-24(21,22)14-10-15(17-11-14)16(20)19-8-2-3-9-19/h4-7,10-11,17-18H,2-3,8-9H2,1H3.